The maximum Gasteiger partial charge on any atom is 0.170 e. The quantitative estimate of drug-likeness (QED) is 0.771. The van der Waals surface area contributed by atoms with Gasteiger partial charge in [-0.1, -0.05) is 17.7 Å². The fourth-order valence-corrected chi connectivity index (χ4v) is 3.87. The molecule has 1 aliphatic heterocycles. The van der Waals surface area contributed by atoms with Gasteiger partial charge in [-0.05, 0) is 47.9 Å². The summed E-state index contributed by atoms with van der Waals surface area (Å²) in [6.07, 6.45) is 0. The second-order valence-electron chi connectivity index (χ2n) is 5.52. The molecule has 1 aliphatic rings. The minimum atomic E-state index is 0.305. The molecule has 1 saturated heterocycles. The number of nitrogens with one attached hydrogen (secondary N) is 2. The summed E-state index contributed by atoms with van der Waals surface area (Å²) in [5, 5.41) is 9.99. The van der Waals surface area contributed by atoms with Crippen LogP contribution in [-0.4, -0.2) is 42.9 Å². The van der Waals surface area contributed by atoms with Crippen LogP contribution in [-0.2, 0) is 4.74 Å². The zero-order valence-electron chi connectivity index (χ0n) is 13.2. The van der Waals surface area contributed by atoms with E-state index >= 15 is 0 Å². The minimum Gasteiger partial charge on any atom is -0.379 e. The van der Waals surface area contributed by atoms with E-state index in [1.807, 2.05) is 24.3 Å². The van der Waals surface area contributed by atoms with Crippen molar-refractivity contribution in [3.8, 4) is 0 Å². The number of morpholine rings is 1. The molecule has 1 atom stereocenters. The topological polar surface area (TPSA) is 36.5 Å². The lowest BCUT2D eigenvalue weighted by molar-refractivity contribution is 0.0177. The maximum absolute atomic E-state index is 5.90. The van der Waals surface area contributed by atoms with Crippen molar-refractivity contribution in [1.82, 2.24) is 10.2 Å². The monoisotopic (exact) mass is 381 g/mol. The smallest absolute Gasteiger partial charge is 0.170 e. The number of rotatable bonds is 5. The number of ether oxygens (including phenoxy) is 1. The Kier molecular flexibility index (Phi) is 6.45. The van der Waals surface area contributed by atoms with Crippen LogP contribution in [0.15, 0.2) is 41.8 Å². The van der Waals surface area contributed by atoms with E-state index in [1.54, 1.807) is 11.3 Å². The molecular formula is C17H20ClN3OS2. The van der Waals surface area contributed by atoms with Gasteiger partial charge in [0.05, 0.1) is 19.3 Å². The van der Waals surface area contributed by atoms with E-state index in [-0.39, 0.29) is 0 Å². The molecule has 0 bridgehead atoms. The molecule has 24 heavy (non-hydrogen) atoms. The van der Waals surface area contributed by atoms with Crippen LogP contribution in [0.3, 0.4) is 0 Å². The van der Waals surface area contributed by atoms with E-state index in [1.165, 1.54) is 4.88 Å². The Morgan fingerprint density at radius 2 is 2.00 bits per heavy atom. The van der Waals surface area contributed by atoms with Gasteiger partial charge < -0.3 is 15.4 Å². The van der Waals surface area contributed by atoms with Crippen LogP contribution in [0.1, 0.15) is 10.9 Å². The maximum atomic E-state index is 5.90. The lowest BCUT2D eigenvalue weighted by atomic mass is 10.2. The Hall–Kier alpha value is -1.18. The van der Waals surface area contributed by atoms with E-state index in [9.17, 15) is 0 Å². The molecule has 2 heterocycles. The summed E-state index contributed by atoms with van der Waals surface area (Å²) in [4.78, 5) is 3.80. The Balaban J connectivity index is 1.58. The van der Waals surface area contributed by atoms with Crippen LogP contribution in [0, 0.1) is 0 Å². The van der Waals surface area contributed by atoms with Crippen LogP contribution in [0.5, 0.6) is 0 Å². The van der Waals surface area contributed by atoms with Crippen molar-refractivity contribution < 1.29 is 4.74 Å². The molecule has 7 heteroatoms. The van der Waals surface area contributed by atoms with Crippen molar-refractivity contribution in [2.45, 2.75) is 6.04 Å². The summed E-state index contributed by atoms with van der Waals surface area (Å²) in [6.45, 7) is 4.23. The predicted molar refractivity (Wildman–Crippen MR) is 105 cm³/mol. The molecule has 0 saturated carbocycles. The number of hydrogen-bond donors (Lipinski definition) is 2. The van der Waals surface area contributed by atoms with Gasteiger partial charge in [-0.25, -0.2) is 0 Å². The lowest BCUT2D eigenvalue weighted by Gasteiger charge is -2.34. The number of halogens is 1. The van der Waals surface area contributed by atoms with Crippen molar-refractivity contribution in [2.24, 2.45) is 0 Å². The van der Waals surface area contributed by atoms with E-state index in [4.69, 9.17) is 28.6 Å². The molecule has 1 fully saturated rings. The molecule has 0 amide bonds. The first-order valence-electron chi connectivity index (χ1n) is 7.88. The number of hydrogen-bond acceptors (Lipinski definition) is 4. The summed E-state index contributed by atoms with van der Waals surface area (Å²) in [5.41, 5.74) is 0.927. The number of benzene rings is 1. The third-order valence-electron chi connectivity index (χ3n) is 3.92. The molecule has 0 unspecified atom stereocenters. The van der Waals surface area contributed by atoms with Crippen molar-refractivity contribution >= 4 is 46.0 Å². The number of thiocarbonyl (C=S) groups is 1. The SMILES string of the molecule is S=C(NC[C@H](c1cccs1)N1CCOCC1)Nc1ccc(Cl)cc1. The van der Waals surface area contributed by atoms with E-state index in [0.29, 0.717) is 16.2 Å². The van der Waals surface area contributed by atoms with Crippen LogP contribution in [0.25, 0.3) is 0 Å². The normalized spacial score (nSPS) is 16.5. The third-order valence-corrected chi connectivity index (χ3v) is 5.39. The number of nitrogens with zero attached hydrogens (tertiary/aromatic N) is 1. The highest BCUT2D eigenvalue weighted by Gasteiger charge is 2.23. The average Bonchev–Trinajstić information content (AvgIpc) is 3.12. The molecule has 4 nitrogen and oxygen atoms in total. The zero-order valence-corrected chi connectivity index (χ0v) is 15.6. The van der Waals surface area contributed by atoms with Crippen LogP contribution in [0.4, 0.5) is 5.69 Å². The molecular weight excluding hydrogens is 362 g/mol. The predicted octanol–water partition coefficient (Wildman–Crippen LogP) is 3.76. The van der Waals surface area contributed by atoms with Gasteiger partial charge in [0.1, 0.15) is 0 Å². The average molecular weight is 382 g/mol. The van der Waals surface area contributed by atoms with Crippen LogP contribution >= 0.6 is 35.2 Å². The number of anilines is 1. The highest BCUT2D eigenvalue weighted by molar-refractivity contribution is 7.80. The van der Waals surface area contributed by atoms with Gasteiger partial charge in [-0.3, -0.25) is 4.90 Å². The fourth-order valence-electron chi connectivity index (χ4n) is 2.68. The Morgan fingerprint density at radius 3 is 2.67 bits per heavy atom. The molecule has 2 aromatic rings. The molecule has 0 radical (unpaired) electrons. The van der Waals surface area contributed by atoms with Crippen LogP contribution < -0.4 is 10.6 Å². The van der Waals surface area contributed by atoms with Crippen molar-refractivity contribution in [2.75, 3.05) is 38.2 Å². The molecule has 2 N–H and O–H groups in total. The summed E-state index contributed by atoms with van der Waals surface area (Å²) >= 11 is 13.1. The minimum absolute atomic E-state index is 0.305. The second kappa shape index (κ2) is 8.78. The summed E-state index contributed by atoms with van der Waals surface area (Å²) in [6, 6.07) is 12.1. The van der Waals surface area contributed by atoms with Gasteiger partial charge in [0.15, 0.2) is 5.11 Å². The largest absolute Gasteiger partial charge is 0.379 e. The molecule has 1 aromatic heterocycles. The van der Waals surface area contributed by atoms with E-state index in [0.717, 1.165) is 38.5 Å². The summed E-state index contributed by atoms with van der Waals surface area (Å²) < 4.78 is 5.47. The fraction of sp³-hybridized carbons (Fsp3) is 0.353. The molecule has 3 rings (SSSR count). The molecule has 0 aliphatic carbocycles. The molecule has 1 aromatic carbocycles. The highest BCUT2D eigenvalue weighted by atomic mass is 35.5. The van der Waals surface area contributed by atoms with Crippen molar-refractivity contribution in [1.29, 1.82) is 0 Å². The molecule has 128 valence electrons. The van der Waals surface area contributed by atoms with Gasteiger partial charge in [0.2, 0.25) is 0 Å². The van der Waals surface area contributed by atoms with Crippen molar-refractivity contribution in [3.05, 3.63) is 51.7 Å². The van der Waals surface area contributed by atoms with E-state index in [2.05, 4.69) is 33.0 Å². The first kappa shape index (κ1) is 17.6. The third kappa shape index (κ3) is 4.91. The zero-order chi connectivity index (χ0) is 16.8. The second-order valence-corrected chi connectivity index (χ2v) is 7.35. The van der Waals surface area contributed by atoms with Gasteiger partial charge in [0, 0.05) is 35.2 Å². The lowest BCUT2D eigenvalue weighted by Crippen LogP contribution is -2.44. The summed E-state index contributed by atoms with van der Waals surface area (Å²) in [7, 11) is 0. The van der Waals surface area contributed by atoms with Crippen LogP contribution in [0.2, 0.25) is 5.02 Å². The van der Waals surface area contributed by atoms with Gasteiger partial charge in [-0.2, -0.15) is 0 Å². The Bertz CT molecular complexity index is 642. The highest BCUT2D eigenvalue weighted by Crippen LogP contribution is 2.25. The Labute approximate surface area is 156 Å². The van der Waals surface area contributed by atoms with E-state index < -0.39 is 0 Å². The van der Waals surface area contributed by atoms with Crippen molar-refractivity contribution in [3.63, 3.8) is 0 Å². The standard InChI is InChI=1S/C17H20ClN3OS2/c18-13-3-5-14(6-4-13)20-17(23)19-12-15(16-2-1-11-24-16)21-7-9-22-10-8-21/h1-6,11,15H,7-10,12H2,(H2,19,20,23)/t15-/m1/s1. The molecule has 0 spiro atoms. The Morgan fingerprint density at radius 1 is 1.25 bits per heavy atom. The van der Waals surface area contributed by atoms with Gasteiger partial charge in [-0.15, -0.1) is 11.3 Å². The number of thiophene rings is 1. The first-order chi connectivity index (χ1) is 11.7. The van der Waals surface area contributed by atoms with Gasteiger partial charge >= 0.3 is 0 Å². The first-order valence-corrected chi connectivity index (χ1v) is 9.54. The van der Waals surface area contributed by atoms with Gasteiger partial charge in [0.25, 0.3) is 0 Å². The summed E-state index contributed by atoms with van der Waals surface area (Å²) in [5.74, 6) is 0.